The molecule has 1 saturated heterocycles. The summed E-state index contributed by atoms with van der Waals surface area (Å²) in [6.07, 6.45) is 0.0904. The van der Waals surface area contributed by atoms with Gasteiger partial charge in [0.05, 0.1) is 10.7 Å². The van der Waals surface area contributed by atoms with Crippen molar-refractivity contribution in [3.63, 3.8) is 0 Å². The van der Waals surface area contributed by atoms with Crippen molar-refractivity contribution >= 4 is 28.6 Å². The Bertz CT molecular complexity index is 1120. The van der Waals surface area contributed by atoms with Gasteiger partial charge in [-0.1, -0.05) is 22.9 Å². The van der Waals surface area contributed by atoms with E-state index in [1.165, 1.54) is 48.6 Å². The van der Waals surface area contributed by atoms with Crippen LogP contribution in [0.1, 0.15) is 25.7 Å². The van der Waals surface area contributed by atoms with Gasteiger partial charge in [0.1, 0.15) is 17.1 Å². The van der Waals surface area contributed by atoms with Crippen LogP contribution >= 0.6 is 11.6 Å². The summed E-state index contributed by atoms with van der Waals surface area (Å²) in [6.45, 7) is 2.96. The maximum absolute atomic E-state index is 12.6. The molecule has 1 aromatic carbocycles. The summed E-state index contributed by atoms with van der Waals surface area (Å²) >= 11 is 6.39. The second-order valence-electron chi connectivity index (χ2n) is 8.61. The lowest BCUT2D eigenvalue weighted by atomic mass is 9.58. The lowest BCUT2D eigenvalue weighted by Crippen LogP contribution is -2.47. The molecule has 170 valence electrons. The standard InChI is InChI=1S/C21H22ClF3N6O/c22-16-9-17-19(28-18(16)27-12-13-10-20(11-13)4-6-26-7-5-20)31(30-29-17)14-2-1-3-15(8-14)32-21(23,24)25/h1-3,8-9,13,26H,4-7,10-12H2,(H,27,28). The number of hydrogen-bond acceptors (Lipinski definition) is 6. The Kier molecular flexibility index (Phi) is 5.37. The number of halogens is 4. The highest BCUT2D eigenvalue weighted by Gasteiger charge is 2.44. The van der Waals surface area contributed by atoms with Crippen molar-refractivity contribution in [2.24, 2.45) is 11.3 Å². The molecule has 11 heteroatoms. The minimum absolute atomic E-state index is 0.345. The molecule has 32 heavy (non-hydrogen) atoms. The van der Waals surface area contributed by atoms with Crippen LogP contribution in [0.15, 0.2) is 30.3 Å². The SMILES string of the molecule is FC(F)(F)Oc1cccc(-n2nnc3cc(Cl)c(NCC4CC5(CCNCC5)C4)nc32)c1. The molecule has 0 amide bonds. The highest BCUT2D eigenvalue weighted by atomic mass is 35.5. The van der Waals surface area contributed by atoms with E-state index in [0.29, 0.717) is 39.0 Å². The zero-order chi connectivity index (χ0) is 22.3. The number of alkyl halides is 3. The summed E-state index contributed by atoms with van der Waals surface area (Å²) in [5.41, 5.74) is 1.68. The molecule has 1 spiro atoms. The third kappa shape index (κ3) is 4.33. The average molecular weight is 467 g/mol. The van der Waals surface area contributed by atoms with E-state index in [-0.39, 0.29) is 5.75 Å². The van der Waals surface area contributed by atoms with Crippen molar-refractivity contribution in [3.05, 3.63) is 35.4 Å². The molecule has 0 atom stereocenters. The summed E-state index contributed by atoms with van der Waals surface area (Å²) in [5, 5.41) is 15.3. The van der Waals surface area contributed by atoms with Crippen LogP contribution in [0, 0.1) is 11.3 Å². The number of nitrogens with zero attached hydrogens (tertiary/aromatic N) is 4. The summed E-state index contributed by atoms with van der Waals surface area (Å²) in [7, 11) is 0. The van der Waals surface area contributed by atoms with Crippen molar-refractivity contribution in [1.29, 1.82) is 0 Å². The fraction of sp³-hybridized carbons (Fsp3) is 0.476. The Labute approximate surface area is 187 Å². The molecular formula is C21H22ClF3N6O. The van der Waals surface area contributed by atoms with Crippen molar-refractivity contribution < 1.29 is 17.9 Å². The molecule has 0 bridgehead atoms. The Balaban J connectivity index is 1.33. The van der Waals surface area contributed by atoms with Crippen molar-refractivity contribution in [2.75, 3.05) is 25.0 Å². The van der Waals surface area contributed by atoms with E-state index < -0.39 is 6.36 Å². The molecule has 3 aromatic rings. The maximum atomic E-state index is 12.6. The Morgan fingerprint density at radius 2 is 2.00 bits per heavy atom. The Hall–Kier alpha value is -2.59. The van der Waals surface area contributed by atoms with Crippen molar-refractivity contribution in [1.82, 2.24) is 25.3 Å². The highest BCUT2D eigenvalue weighted by Crippen LogP contribution is 2.51. The fourth-order valence-corrected chi connectivity index (χ4v) is 5.07. The number of ether oxygens (including phenoxy) is 1. The number of fused-ring (bicyclic) bond motifs is 1. The number of hydrogen-bond donors (Lipinski definition) is 2. The van der Waals surface area contributed by atoms with Crippen molar-refractivity contribution in [2.45, 2.75) is 32.0 Å². The predicted molar refractivity (Wildman–Crippen MR) is 114 cm³/mol. The molecule has 2 aliphatic rings. The first-order chi connectivity index (χ1) is 15.3. The van der Waals surface area contributed by atoms with E-state index >= 15 is 0 Å². The van der Waals surface area contributed by atoms with E-state index in [9.17, 15) is 13.2 Å². The van der Waals surface area contributed by atoms with Gasteiger partial charge in [0.15, 0.2) is 5.65 Å². The quantitative estimate of drug-likeness (QED) is 0.574. The van der Waals surface area contributed by atoms with Crippen LogP contribution < -0.4 is 15.4 Å². The van der Waals surface area contributed by atoms with Crippen LogP contribution in [0.5, 0.6) is 5.75 Å². The first-order valence-corrected chi connectivity index (χ1v) is 10.9. The normalized spacial score (nSPS) is 18.6. The molecule has 1 saturated carbocycles. The summed E-state index contributed by atoms with van der Waals surface area (Å²) in [6, 6.07) is 7.17. The second-order valence-corrected chi connectivity index (χ2v) is 9.02. The Morgan fingerprint density at radius 1 is 1.22 bits per heavy atom. The molecular weight excluding hydrogens is 445 g/mol. The summed E-state index contributed by atoms with van der Waals surface area (Å²) in [4.78, 5) is 4.57. The molecule has 1 aliphatic heterocycles. The third-order valence-electron chi connectivity index (χ3n) is 6.34. The number of anilines is 1. The van der Waals surface area contributed by atoms with Gasteiger partial charge in [0, 0.05) is 12.6 Å². The van der Waals surface area contributed by atoms with Gasteiger partial charge in [-0.3, -0.25) is 0 Å². The monoisotopic (exact) mass is 466 g/mol. The number of piperidine rings is 1. The van der Waals surface area contributed by atoms with Gasteiger partial charge in [-0.25, -0.2) is 4.98 Å². The molecule has 3 heterocycles. The number of nitrogens with one attached hydrogen (secondary N) is 2. The second kappa shape index (κ2) is 8.08. The molecule has 1 aliphatic carbocycles. The van der Waals surface area contributed by atoms with Crippen LogP contribution in [-0.2, 0) is 0 Å². The predicted octanol–water partition coefficient (Wildman–Crippen LogP) is 4.56. The van der Waals surface area contributed by atoms with Crippen LogP contribution in [0.2, 0.25) is 5.02 Å². The number of benzene rings is 1. The summed E-state index contributed by atoms with van der Waals surface area (Å²) in [5.74, 6) is 0.736. The van der Waals surface area contributed by atoms with E-state index in [0.717, 1.165) is 19.6 Å². The first kappa shape index (κ1) is 21.3. The molecule has 0 radical (unpaired) electrons. The van der Waals surface area contributed by atoms with Gasteiger partial charge >= 0.3 is 6.36 Å². The fourth-order valence-electron chi connectivity index (χ4n) is 4.86. The van der Waals surface area contributed by atoms with Gasteiger partial charge in [-0.15, -0.1) is 18.3 Å². The maximum Gasteiger partial charge on any atom is 0.573 e. The van der Waals surface area contributed by atoms with Gasteiger partial charge in [0.25, 0.3) is 0 Å². The van der Waals surface area contributed by atoms with Crippen LogP contribution in [-0.4, -0.2) is 46.0 Å². The smallest absolute Gasteiger partial charge is 0.406 e. The van der Waals surface area contributed by atoms with Crippen LogP contribution in [0.4, 0.5) is 19.0 Å². The minimum atomic E-state index is -4.78. The highest BCUT2D eigenvalue weighted by molar-refractivity contribution is 6.33. The third-order valence-corrected chi connectivity index (χ3v) is 6.63. The van der Waals surface area contributed by atoms with Crippen LogP contribution in [0.25, 0.3) is 16.9 Å². The van der Waals surface area contributed by atoms with Crippen molar-refractivity contribution in [3.8, 4) is 11.4 Å². The Morgan fingerprint density at radius 3 is 2.75 bits per heavy atom. The minimum Gasteiger partial charge on any atom is -0.406 e. The van der Waals surface area contributed by atoms with Crippen LogP contribution in [0.3, 0.4) is 0 Å². The largest absolute Gasteiger partial charge is 0.573 e. The van der Waals surface area contributed by atoms with E-state index in [1.54, 1.807) is 12.1 Å². The molecule has 0 unspecified atom stereocenters. The van der Waals surface area contributed by atoms with E-state index in [4.69, 9.17) is 11.6 Å². The number of pyridine rings is 1. The first-order valence-electron chi connectivity index (χ1n) is 10.5. The zero-order valence-electron chi connectivity index (χ0n) is 17.1. The molecule has 2 aromatic heterocycles. The lowest BCUT2D eigenvalue weighted by Gasteiger charge is -2.50. The lowest BCUT2D eigenvalue weighted by molar-refractivity contribution is -0.274. The number of aromatic nitrogens is 4. The molecule has 5 rings (SSSR count). The molecule has 2 N–H and O–H groups in total. The van der Waals surface area contributed by atoms with Gasteiger partial charge in [-0.05, 0) is 68.3 Å². The molecule has 2 fully saturated rings. The van der Waals surface area contributed by atoms with E-state index in [1.807, 2.05) is 0 Å². The van der Waals surface area contributed by atoms with Gasteiger partial charge < -0.3 is 15.4 Å². The zero-order valence-corrected chi connectivity index (χ0v) is 17.9. The average Bonchev–Trinajstić information content (AvgIpc) is 3.12. The topological polar surface area (TPSA) is 76.9 Å². The van der Waals surface area contributed by atoms with Gasteiger partial charge in [0.2, 0.25) is 0 Å². The number of rotatable bonds is 5. The summed E-state index contributed by atoms with van der Waals surface area (Å²) < 4.78 is 43.1. The van der Waals surface area contributed by atoms with E-state index in [2.05, 4.69) is 30.7 Å². The molecule has 7 nitrogen and oxygen atoms in total. The van der Waals surface area contributed by atoms with Gasteiger partial charge in [-0.2, -0.15) is 4.68 Å².